The number of carbonyl (C=O) groups is 4. The van der Waals surface area contributed by atoms with Crippen LogP contribution in [0.4, 0.5) is 0 Å². The smallest absolute Gasteiger partial charge is 0.543 e. The van der Waals surface area contributed by atoms with Gasteiger partial charge in [-0.05, 0) is 36.4 Å². The van der Waals surface area contributed by atoms with Crippen LogP contribution in [0, 0.1) is 0 Å². The van der Waals surface area contributed by atoms with E-state index in [0.717, 1.165) is 12.1 Å². The van der Waals surface area contributed by atoms with Crippen LogP contribution < -0.4 is 10.2 Å². The molecule has 0 saturated heterocycles. The van der Waals surface area contributed by atoms with Crippen molar-refractivity contribution in [2.75, 3.05) is 0 Å². The molecule has 0 aliphatic heterocycles. The molecule has 1 aliphatic rings. The third-order valence-corrected chi connectivity index (χ3v) is 3.70. The van der Waals surface area contributed by atoms with Gasteiger partial charge in [0.15, 0.2) is 0 Å². The Morgan fingerprint density at radius 2 is 1.03 bits per heavy atom. The number of fused-ring (bicyclic) bond motifs is 3. The van der Waals surface area contributed by atoms with Gasteiger partial charge in [0.2, 0.25) is 11.6 Å². The number of hydrogen-bond acceptors (Lipinski definition) is 9. The molecule has 0 aromatic carbocycles. The van der Waals surface area contributed by atoms with Crippen LogP contribution in [0.1, 0.15) is 41.7 Å². The van der Waals surface area contributed by atoms with E-state index < -0.39 is 34.9 Å². The average Bonchev–Trinajstić information content (AvgIpc) is 2.72. The minimum Gasteiger partial charge on any atom is -0.543 e. The van der Waals surface area contributed by atoms with Crippen molar-refractivity contribution in [3.05, 3.63) is 77.4 Å². The molecular formula is C19H19MnN3O10+2. The fourth-order valence-corrected chi connectivity index (χ4v) is 2.46. The van der Waals surface area contributed by atoms with Crippen molar-refractivity contribution in [3.63, 3.8) is 0 Å². The van der Waals surface area contributed by atoms with Gasteiger partial charge in [0, 0.05) is 12.4 Å². The van der Waals surface area contributed by atoms with E-state index in [4.69, 9.17) is 0 Å². The number of pyridine rings is 3. The van der Waals surface area contributed by atoms with Crippen LogP contribution >= 0.6 is 0 Å². The third-order valence-electron chi connectivity index (χ3n) is 3.70. The molecule has 0 saturated carbocycles. The van der Waals surface area contributed by atoms with Crippen LogP contribution in [0.2, 0.25) is 0 Å². The number of rotatable bonds is 2. The van der Waals surface area contributed by atoms with Crippen molar-refractivity contribution in [1.82, 2.24) is 15.0 Å². The van der Waals surface area contributed by atoms with Crippen LogP contribution in [-0.4, -0.2) is 49.4 Å². The average molecular weight is 504 g/mol. The Balaban J connectivity index is -0.000000489. The van der Waals surface area contributed by atoms with Gasteiger partial charge in [0.25, 0.3) is 0 Å². The van der Waals surface area contributed by atoms with E-state index in [-0.39, 0.29) is 39.0 Å². The molecule has 3 heterocycles. The summed E-state index contributed by atoms with van der Waals surface area (Å²) in [7, 11) is 0. The van der Waals surface area contributed by atoms with Crippen LogP contribution in [0.15, 0.2) is 54.9 Å². The zero-order chi connectivity index (χ0) is 20.3. The van der Waals surface area contributed by atoms with Gasteiger partial charge in [0.05, 0.1) is 34.5 Å². The molecule has 10 N–H and O–H groups in total. The third kappa shape index (κ3) is 7.05. The molecule has 0 spiro atoms. The number of ketones is 2. The second-order valence-corrected chi connectivity index (χ2v) is 5.44. The van der Waals surface area contributed by atoms with Crippen molar-refractivity contribution in [1.29, 1.82) is 0 Å². The molecule has 0 amide bonds. The Morgan fingerprint density at radius 3 is 1.36 bits per heavy atom. The first-order valence-electron chi connectivity index (χ1n) is 7.79. The topological polar surface area (TPSA) is 282 Å². The SMILES string of the molecule is O.O.O=C([O-])c1cccc(C(=O)[O-])n1.O=C1C(=O)c2cccnc2-c2ncccc21.[Mn+2].[OH3+].[OH3+]. The quantitative estimate of drug-likeness (QED) is 0.185. The summed E-state index contributed by atoms with van der Waals surface area (Å²) in [5.41, 5.74) is 0.802. The Kier molecular flexibility index (Phi) is 14.5. The molecule has 1 aliphatic carbocycles. The molecule has 3 aromatic rings. The Morgan fingerprint density at radius 1 is 0.667 bits per heavy atom. The van der Waals surface area contributed by atoms with E-state index in [1.807, 2.05) is 0 Å². The predicted molar refractivity (Wildman–Crippen MR) is 106 cm³/mol. The van der Waals surface area contributed by atoms with Crippen molar-refractivity contribution >= 4 is 23.5 Å². The normalized spacial score (nSPS) is 9.82. The Labute approximate surface area is 195 Å². The molecule has 0 bridgehead atoms. The van der Waals surface area contributed by atoms with Crippen LogP contribution in [-0.2, 0) is 28.0 Å². The van der Waals surface area contributed by atoms with Crippen molar-refractivity contribution in [2.24, 2.45) is 0 Å². The van der Waals surface area contributed by atoms with Crippen LogP contribution in [0.5, 0.6) is 0 Å². The Bertz CT molecular complexity index is 1060. The van der Waals surface area contributed by atoms with Gasteiger partial charge in [-0.2, -0.15) is 0 Å². The number of Topliss-reactive ketones (excluding diaryl/α,β-unsaturated/α-hetero) is 2. The van der Waals surface area contributed by atoms with Crippen LogP contribution in [0.3, 0.4) is 0 Å². The molecule has 175 valence electrons. The van der Waals surface area contributed by atoms with Gasteiger partial charge in [0.1, 0.15) is 11.4 Å². The summed E-state index contributed by atoms with van der Waals surface area (Å²) < 4.78 is 0. The standard InChI is InChI=1S/C12H6N2O2.C7H5NO4.Mn.4H2O/c15-11-7-3-1-5-13-9(7)10-8(12(11)16)4-2-6-14-10;9-6(10)4-2-1-3-5(8-4)7(11)12;;;;;/h1-6H;1-3H,(H,9,10)(H,11,12);;4*1H2/q;;+2;;;;. The van der Waals surface area contributed by atoms with Gasteiger partial charge in [-0.1, -0.05) is 6.07 Å². The summed E-state index contributed by atoms with van der Waals surface area (Å²) in [5, 5.41) is 20.4. The zero-order valence-electron chi connectivity index (χ0n) is 16.5. The van der Waals surface area contributed by atoms with E-state index in [2.05, 4.69) is 15.0 Å². The zero-order valence-corrected chi connectivity index (χ0v) is 17.7. The van der Waals surface area contributed by atoms with Gasteiger partial charge >= 0.3 is 17.1 Å². The largest absolute Gasteiger partial charge is 2.00 e. The maximum absolute atomic E-state index is 11.8. The molecule has 13 nitrogen and oxygen atoms in total. The molecular weight excluding hydrogens is 485 g/mol. The maximum Gasteiger partial charge on any atom is 2.00 e. The number of carboxylic acids is 2. The predicted octanol–water partition coefficient (Wildman–Crippen LogP) is -4.16. The molecule has 0 atom stereocenters. The molecule has 0 unspecified atom stereocenters. The number of aromatic carboxylic acids is 2. The number of aromatic nitrogens is 3. The van der Waals surface area contributed by atoms with E-state index in [1.54, 1.807) is 36.7 Å². The number of hydrogen-bond donors (Lipinski definition) is 0. The second kappa shape index (κ2) is 14.2. The fraction of sp³-hybridized carbons (Fsp3) is 0. The monoisotopic (exact) mass is 504 g/mol. The fourth-order valence-electron chi connectivity index (χ4n) is 2.46. The molecule has 4 rings (SSSR count). The van der Waals surface area contributed by atoms with Gasteiger partial charge < -0.3 is 41.7 Å². The number of carboxylic acid groups (broad SMARTS) is 2. The first-order chi connectivity index (χ1) is 13.4. The van der Waals surface area contributed by atoms with Gasteiger partial charge in [-0.3, -0.25) is 19.6 Å². The van der Waals surface area contributed by atoms with Crippen molar-refractivity contribution < 1.29 is 68.4 Å². The number of nitrogens with zero attached hydrogens (tertiary/aromatic N) is 3. The van der Waals surface area contributed by atoms with Crippen molar-refractivity contribution in [3.8, 4) is 11.4 Å². The summed E-state index contributed by atoms with van der Waals surface area (Å²) in [5.74, 6) is -4.05. The van der Waals surface area contributed by atoms with E-state index >= 15 is 0 Å². The maximum atomic E-state index is 11.8. The first kappa shape index (κ1) is 33.7. The second-order valence-electron chi connectivity index (χ2n) is 5.44. The van der Waals surface area contributed by atoms with Crippen LogP contribution in [0.25, 0.3) is 11.4 Å². The minimum absolute atomic E-state index is 0. The van der Waals surface area contributed by atoms with Gasteiger partial charge in [-0.25, -0.2) is 4.98 Å². The molecule has 33 heavy (non-hydrogen) atoms. The van der Waals surface area contributed by atoms with Gasteiger partial charge in [-0.15, -0.1) is 0 Å². The first-order valence-corrected chi connectivity index (χ1v) is 7.79. The summed E-state index contributed by atoms with van der Waals surface area (Å²) in [6.07, 6.45) is 3.17. The summed E-state index contributed by atoms with van der Waals surface area (Å²) in [4.78, 5) is 55.4. The van der Waals surface area contributed by atoms with E-state index in [9.17, 15) is 29.4 Å². The summed E-state index contributed by atoms with van der Waals surface area (Å²) in [6, 6.07) is 10.0. The number of carbonyl (C=O) groups excluding carboxylic acids is 4. The summed E-state index contributed by atoms with van der Waals surface area (Å²) >= 11 is 0. The minimum atomic E-state index is -1.52. The molecule has 3 aromatic heterocycles. The van der Waals surface area contributed by atoms with E-state index in [0.29, 0.717) is 22.5 Å². The van der Waals surface area contributed by atoms with E-state index in [1.165, 1.54) is 6.07 Å². The van der Waals surface area contributed by atoms with Crippen molar-refractivity contribution in [2.45, 2.75) is 0 Å². The molecule has 0 fully saturated rings. The molecule has 1 radical (unpaired) electrons. The Hall–Kier alpha value is -3.91. The molecule has 14 heteroatoms. The summed E-state index contributed by atoms with van der Waals surface area (Å²) in [6.45, 7) is 0.